The highest BCUT2D eigenvalue weighted by Crippen LogP contribution is 2.21. The van der Waals surface area contributed by atoms with E-state index in [0.29, 0.717) is 13.0 Å². The fraction of sp³-hybridized carbons (Fsp3) is 0.286. The summed E-state index contributed by atoms with van der Waals surface area (Å²) in [5, 5.41) is 6.65. The fourth-order valence-corrected chi connectivity index (χ4v) is 2.69. The second kappa shape index (κ2) is 7.50. The predicted molar refractivity (Wildman–Crippen MR) is 82.6 cm³/mol. The van der Waals surface area contributed by atoms with Crippen LogP contribution < -0.4 is 5.32 Å². The summed E-state index contributed by atoms with van der Waals surface area (Å²) in [4.78, 5) is 12.8. The Hall–Kier alpha value is -1.27. The van der Waals surface area contributed by atoms with Crippen molar-refractivity contribution in [3.05, 3.63) is 46.3 Å². The molecule has 0 saturated heterocycles. The fourth-order valence-electron chi connectivity index (χ4n) is 1.57. The molecule has 0 bridgehead atoms. The summed E-state index contributed by atoms with van der Waals surface area (Å²) in [7, 11) is 0. The number of carbonyl (C=O) groups excluding carboxylic acids is 1. The van der Waals surface area contributed by atoms with Crippen LogP contribution in [-0.4, -0.2) is 16.8 Å². The first-order chi connectivity index (χ1) is 9.63. The van der Waals surface area contributed by atoms with Crippen LogP contribution in [0.2, 0.25) is 0 Å². The maximum Gasteiger partial charge on any atom is 0.221 e. The standard InChI is InChI=1S/C14H15BrN2O2S/c1-10-8-12(17-19-10)9-16-14(18)6-7-20-13-4-2-11(15)3-5-13/h2-5,8H,6-7,9H2,1H3,(H,16,18). The van der Waals surface area contributed by atoms with Crippen LogP contribution in [-0.2, 0) is 11.3 Å². The van der Waals surface area contributed by atoms with E-state index in [9.17, 15) is 4.79 Å². The van der Waals surface area contributed by atoms with E-state index in [-0.39, 0.29) is 5.91 Å². The van der Waals surface area contributed by atoms with Crippen molar-refractivity contribution in [1.29, 1.82) is 0 Å². The van der Waals surface area contributed by atoms with Crippen LogP contribution in [0.4, 0.5) is 0 Å². The molecule has 0 fully saturated rings. The molecule has 20 heavy (non-hydrogen) atoms. The third kappa shape index (κ3) is 5.02. The first-order valence-electron chi connectivity index (χ1n) is 6.21. The van der Waals surface area contributed by atoms with Crippen molar-refractivity contribution in [2.75, 3.05) is 5.75 Å². The lowest BCUT2D eigenvalue weighted by molar-refractivity contribution is -0.120. The van der Waals surface area contributed by atoms with Crippen LogP contribution in [0, 0.1) is 6.92 Å². The number of benzene rings is 1. The van der Waals surface area contributed by atoms with Crippen LogP contribution in [0.25, 0.3) is 0 Å². The van der Waals surface area contributed by atoms with Crippen LogP contribution in [0.1, 0.15) is 17.9 Å². The molecule has 6 heteroatoms. The number of carbonyl (C=O) groups is 1. The van der Waals surface area contributed by atoms with Crippen molar-refractivity contribution < 1.29 is 9.32 Å². The quantitative estimate of drug-likeness (QED) is 0.806. The Morgan fingerprint density at radius 3 is 2.80 bits per heavy atom. The summed E-state index contributed by atoms with van der Waals surface area (Å²) in [6.45, 7) is 2.24. The third-order valence-corrected chi connectivity index (χ3v) is 4.10. The number of aromatic nitrogens is 1. The van der Waals surface area contributed by atoms with Gasteiger partial charge in [0.1, 0.15) is 11.5 Å². The summed E-state index contributed by atoms with van der Waals surface area (Å²) in [6.07, 6.45) is 0.484. The van der Waals surface area contributed by atoms with E-state index in [1.54, 1.807) is 11.8 Å². The molecule has 2 aromatic rings. The molecule has 1 aromatic heterocycles. The molecule has 0 unspecified atom stereocenters. The van der Waals surface area contributed by atoms with Crippen LogP contribution >= 0.6 is 27.7 Å². The Balaban J connectivity index is 1.66. The van der Waals surface area contributed by atoms with Crippen molar-refractivity contribution in [2.24, 2.45) is 0 Å². The van der Waals surface area contributed by atoms with Gasteiger partial charge in [0.05, 0.1) is 6.54 Å². The average Bonchev–Trinajstić information content (AvgIpc) is 2.85. The van der Waals surface area contributed by atoms with Gasteiger partial charge in [-0.3, -0.25) is 4.79 Å². The van der Waals surface area contributed by atoms with E-state index in [4.69, 9.17) is 4.52 Å². The first-order valence-corrected chi connectivity index (χ1v) is 7.98. The Bertz CT molecular complexity index is 569. The lowest BCUT2D eigenvalue weighted by Crippen LogP contribution is -2.23. The number of hydrogen-bond donors (Lipinski definition) is 1. The van der Waals surface area contributed by atoms with Crippen molar-refractivity contribution in [3.8, 4) is 0 Å². The van der Waals surface area contributed by atoms with Crippen molar-refractivity contribution in [3.63, 3.8) is 0 Å². The van der Waals surface area contributed by atoms with Crippen molar-refractivity contribution >= 4 is 33.6 Å². The molecule has 106 valence electrons. The Kier molecular flexibility index (Phi) is 5.67. The largest absolute Gasteiger partial charge is 0.361 e. The monoisotopic (exact) mass is 354 g/mol. The number of nitrogens with zero attached hydrogens (tertiary/aromatic N) is 1. The molecular weight excluding hydrogens is 340 g/mol. The second-order valence-electron chi connectivity index (χ2n) is 4.26. The predicted octanol–water partition coefficient (Wildman–Crippen LogP) is 3.54. The van der Waals surface area contributed by atoms with E-state index in [1.165, 1.54) is 0 Å². The highest BCUT2D eigenvalue weighted by atomic mass is 79.9. The van der Waals surface area contributed by atoms with Gasteiger partial charge in [-0.05, 0) is 31.2 Å². The molecule has 0 aliphatic heterocycles. The van der Waals surface area contributed by atoms with Gasteiger partial charge >= 0.3 is 0 Å². The van der Waals surface area contributed by atoms with Crippen LogP contribution in [0.5, 0.6) is 0 Å². The molecule has 1 heterocycles. The Morgan fingerprint density at radius 2 is 2.15 bits per heavy atom. The van der Waals surface area contributed by atoms with Gasteiger partial charge in [-0.2, -0.15) is 0 Å². The van der Waals surface area contributed by atoms with E-state index >= 15 is 0 Å². The van der Waals surface area contributed by atoms with Gasteiger partial charge in [0, 0.05) is 27.6 Å². The number of halogens is 1. The molecule has 0 saturated carbocycles. The maximum atomic E-state index is 11.7. The molecule has 0 atom stereocenters. The minimum atomic E-state index is 0.0234. The van der Waals surface area contributed by atoms with Gasteiger partial charge in [0.25, 0.3) is 0 Å². The van der Waals surface area contributed by atoms with E-state index < -0.39 is 0 Å². The minimum absolute atomic E-state index is 0.0234. The SMILES string of the molecule is Cc1cc(CNC(=O)CCSc2ccc(Br)cc2)no1. The average molecular weight is 355 g/mol. The Morgan fingerprint density at radius 1 is 1.40 bits per heavy atom. The summed E-state index contributed by atoms with van der Waals surface area (Å²) in [6, 6.07) is 9.87. The number of thioether (sulfide) groups is 1. The van der Waals surface area contributed by atoms with Gasteiger partial charge in [-0.1, -0.05) is 21.1 Å². The van der Waals surface area contributed by atoms with Gasteiger partial charge in [-0.25, -0.2) is 0 Å². The zero-order chi connectivity index (χ0) is 14.4. The molecule has 0 spiro atoms. The summed E-state index contributed by atoms with van der Waals surface area (Å²) < 4.78 is 5.99. The number of hydrogen-bond acceptors (Lipinski definition) is 4. The number of aryl methyl sites for hydroxylation is 1. The topological polar surface area (TPSA) is 55.1 Å². The van der Waals surface area contributed by atoms with Gasteiger partial charge < -0.3 is 9.84 Å². The summed E-state index contributed by atoms with van der Waals surface area (Å²) >= 11 is 5.06. The molecule has 2 rings (SSSR count). The molecule has 4 nitrogen and oxygen atoms in total. The lowest BCUT2D eigenvalue weighted by Gasteiger charge is -2.03. The van der Waals surface area contributed by atoms with Crippen LogP contribution in [0.3, 0.4) is 0 Å². The second-order valence-corrected chi connectivity index (χ2v) is 6.34. The maximum absolute atomic E-state index is 11.7. The van der Waals surface area contributed by atoms with E-state index in [2.05, 4.69) is 26.4 Å². The van der Waals surface area contributed by atoms with Crippen LogP contribution in [0.15, 0.2) is 44.2 Å². The van der Waals surface area contributed by atoms with Gasteiger partial charge in [0.15, 0.2) is 0 Å². The smallest absolute Gasteiger partial charge is 0.221 e. The highest BCUT2D eigenvalue weighted by molar-refractivity contribution is 9.10. The lowest BCUT2D eigenvalue weighted by atomic mass is 10.3. The van der Waals surface area contributed by atoms with Gasteiger partial charge in [-0.15, -0.1) is 11.8 Å². The number of amides is 1. The molecule has 0 aliphatic carbocycles. The van der Waals surface area contributed by atoms with Crippen molar-refractivity contribution in [2.45, 2.75) is 24.8 Å². The molecule has 1 amide bonds. The molecule has 0 radical (unpaired) electrons. The molecular formula is C14H15BrN2O2S. The van der Waals surface area contributed by atoms with E-state index in [0.717, 1.165) is 26.6 Å². The van der Waals surface area contributed by atoms with Gasteiger partial charge in [0.2, 0.25) is 5.91 Å². The summed E-state index contributed by atoms with van der Waals surface area (Å²) in [5.41, 5.74) is 0.747. The number of nitrogens with one attached hydrogen (secondary N) is 1. The minimum Gasteiger partial charge on any atom is -0.361 e. The zero-order valence-electron chi connectivity index (χ0n) is 11.1. The third-order valence-electron chi connectivity index (χ3n) is 2.55. The molecule has 0 aliphatic rings. The molecule has 1 N–H and O–H groups in total. The zero-order valence-corrected chi connectivity index (χ0v) is 13.5. The van der Waals surface area contributed by atoms with Crippen molar-refractivity contribution in [1.82, 2.24) is 10.5 Å². The normalized spacial score (nSPS) is 10.5. The highest BCUT2D eigenvalue weighted by Gasteiger charge is 2.04. The molecule has 1 aromatic carbocycles. The summed E-state index contributed by atoms with van der Waals surface area (Å²) in [5.74, 6) is 1.53. The Labute approximate surface area is 130 Å². The van der Waals surface area contributed by atoms with E-state index in [1.807, 2.05) is 37.3 Å². The number of rotatable bonds is 6. The first kappa shape index (κ1) is 15.1.